The van der Waals surface area contributed by atoms with Gasteiger partial charge in [-0.1, -0.05) is 0 Å². The number of nitrogens with zero attached hydrogens (tertiary/aromatic N) is 2. The molecule has 27 heavy (non-hydrogen) atoms. The quantitative estimate of drug-likeness (QED) is 0.627. The Morgan fingerprint density at radius 1 is 1.26 bits per heavy atom. The van der Waals surface area contributed by atoms with Gasteiger partial charge in [0.2, 0.25) is 0 Å². The molecule has 0 saturated heterocycles. The number of carbonyl (C=O) groups is 3. The molecule has 0 aromatic carbocycles. The van der Waals surface area contributed by atoms with Gasteiger partial charge in [-0.15, -0.1) is 11.3 Å². The van der Waals surface area contributed by atoms with Crippen LogP contribution in [0.3, 0.4) is 0 Å². The summed E-state index contributed by atoms with van der Waals surface area (Å²) >= 11 is 1.03. The Morgan fingerprint density at radius 3 is 2.74 bits per heavy atom. The maximum atomic E-state index is 12.1. The van der Waals surface area contributed by atoms with Gasteiger partial charge in [-0.2, -0.15) is 5.10 Å². The number of anilines is 2. The van der Waals surface area contributed by atoms with Crippen LogP contribution in [-0.2, 0) is 16.6 Å². The zero-order valence-electron chi connectivity index (χ0n) is 14.5. The number of aromatic nitrogens is 2. The van der Waals surface area contributed by atoms with Crippen molar-refractivity contribution in [2.45, 2.75) is 6.92 Å². The average Bonchev–Trinajstić information content (AvgIpc) is 3.35. The van der Waals surface area contributed by atoms with Gasteiger partial charge in [0, 0.05) is 13.1 Å². The van der Waals surface area contributed by atoms with Crippen LogP contribution in [0.25, 0.3) is 0 Å². The molecule has 0 aliphatic heterocycles. The molecule has 0 bridgehead atoms. The van der Waals surface area contributed by atoms with E-state index in [9.17, 15) is 14.4 Å². The van der Waals surface area contributed by atoms with Crippen molar-refractivity contribution in [3.8, 4) is 0 Å². The van der Waals surface area contributed by atoms with E-state index in [2.05, 4.69) is 15.7 Å². The van der Waals surface area contributed by atoms with Gasteiger partial charge in [0.15, 0.2) is 12.4 Å². The zero-order valence-corrected chi connectivity index (χ0v) is 15.3. The molecule has 0 spiro atoms. The van der Waals surface area contributed by atoms with Crippen molar-refractivity contribution in [1.82, 2.24) is 9.78 Å². The zero-order chi connectivity index (χ0) is 19.4. The van der Waals surface area contributed by atoms with Crippen LogP contribution < -0.4 is 10.6 Å². The average molecular weight is 388 g/mol. The Bertz CT molecular complexity index is 974. The molecule has 3 aromatic rings. The van der Waals surface area contributed by atoms with Gasteiger partial charge in [0.25, 0.3) is 11.8 Å². The lowest BCUT2D eigenvalue weighted by atomic mass is 10.4. The minimum Gasteiger partial charge on any atom is -0.459 e. The van der Waals surface area contributed by atoms with Crippen LogP contribution in [0.1, 0.15) is 25.9 Å². The first-order valence-electron chi connectivity index (χ1n) is 7.84. The summed E-state index contributed by atoms with van der Waals surface area (Å²) in [5, 5.41) is 9.78. The molecular weight excluding hydrogens is 372 g/mol. The summed E-state index contributed by atoms with van der Waals surface area (Å²) in [6.45, 7) is 1.36. The first kappa shape index (κ1) is 18.4. The van der Waals surface area contributed by atoms with Crippen LogP contribution >= 0.6 is 11.3 Å². The molecule has 0 radical (unpaired) electrons. The number of esters is 1. The van der Waals surface area contributed by atoms with E-state index >= 15 is 0 Å². The first-order valence-corrected chi connectivity index (χ1v) is 8.66. The van der Waals surface area contributed by atoms with Gasteiger partial charge < -0.3 is 19.8 Å². The lowest BCUT2D eigenvalue weighted by Gasteiger charge is -2.05. The maximum Gasteiger partial charge on any atom is 0.348 e. The van der Waals surface area contributed by atoms with Gasteiger partial charge in [-0.05, 0) is 31.2 Å². The molecule has 0 aliphatic carbocycles. The lowest BCUT2D eigenvalue weighted by molar-refractivity contribution is -0.119. The molecule has 2 N–H and O–H groups in total. The van der Waals surface area contributed by atoms with Crippen LogP contribution in [-0.4, -0.2) is 34.2 Å². The normalized spacial score (nSPS) is 10.4. The molecule has 9 nitrogen and oxygen atoms in total. The van der Waals surface area contributed by atoms with Crippen LogP contribution in [0.4, 0.5) is 10.8 Å². The Morgan fingerprint density at radius 2 is 2.07 bits per heavy atom. The van der Waals surface area contributed by atoms with Crippen molar-refractivity contribution in [2.24, 2.45) is 7.05 Å². The lowest BCUT2D eigenvalue weighted by Crippen LogP contribution is -2.21. The van der Waals surface area contributed by atoms with Crippen molar-refractivity contribution in [1.29, 1.82) is 0 Å². The molecule has 0 unspecified atom stereocenters. The van der Waals surface area contributed by atoms with E-state index in [0.29, 0.717) is 10.8 Å². The molecule has 0 aliphatic rings. The van der Waals surface area contributed by atoms with Crippen LogP contribution in [0, 0.1) is 6.92 Å². The standard InChI is InChI=1S/C17H16N4O5S/c1-10-8-13(21(2)20-10)18-14(22)9-26-17(24)12-5-6-15(27-12)19-16(23)11-4-3-7-25-11/h3-8H,9H2,1-2H3,(H,18,22)(H,19,23). The number of aryl methyl sites for hydroxylation is 2. The van der Waals surface area contributed by atoms with Gasteiger partial charge >= 0.3 is 5.97 Å². The van der Waals surface area contributed by atoms with Crippen molar-refractivity contribution < 1.29 is 23.5 Å². The molecule has 0 atom stereocenters. The summed E-state index contributed by atoms with van der Waals surface area (Å²) < 4.78 is 11.5. The predicted molar refractivity (Wildman–Crippen MR) is 97.8 cm³/mol. The van der Waals surface area contributed by atoms with Crippen molar-refractivity contribution in [2.75, 3.05) is 17.2 Å². The molecule has 140 valence electrons. The van der Waals surface area contributed by atoms with Gasteiger partial charge in [-0.3, -0.25) is 14.3 Å². The first-order chi connectivity index (χ1) is 12.9. The minimum absolute atomic E-state index is 0.162. The number of rotatable bonds is 6. The molecule has 0 saturated carbocycles. The highest BCUT2D eigenvalue weighted by atomic mass is 32.1. The Labute approximate surface area is 157 Å². The van der Waals surface area contributed by atoms with E-state index in [4.69, 9.17) is 9.15 Å². The maximum absolute atomic E-state index is 12.1. The fourth-order valence-corrected chi connectivity index (χ4v) is 3.00. The topological polar surface area (TPSA) is 115 Å². The highest BCUT2D eigenvalue weighted by Crippen LogP contribution is 2.23. The molecule has 0 fully saturated rings. The smallest absolute Gasteiger partial charge is 0.348 e. The Balaban J connectivity index is 1.51. The number of hydrogen-bond acceptors (Lipinski definition) is 7. The van der Waals surface area contributed by atoms with Gasteiger partial charge in [-0.25, -0.2) is 4.79 Å². The van der Waals surface area contributed by atoms with Crippen LogP contribution in [0.5, 0.6) is 0 Å². The molecular formula is C17H16N4O5S. The highest BCUT2D eigenvalue weighted by molar-refractivity contribution is 7.18. The third-order valence-electron chi connectivity index (χ3n) is 3.39. The number of amides is 2. The van der Waals surface area contributed by atoms with Crippen LogP contribution in [0.2, 0.25) is 0 Å². The van der Waals surface area contributed by atoms with Gasteiger partial charge in [0.05, 0.1) is 17.0 Å². The molecule has 2 amide bonds. The summed E-state index contributed by atoms with van der Waals surface area (Å²) in [6.07, 6.45) is 1.39. The second kappa shape index (κ2) is 7.87. The molecule has 3 rings (SSSR count). The second-order valence-corrected chi connectivity index (χ2v) is 6.60. The van der Waals surface area contributed by atoms with Crippen molar-refractivity contribution in [3.63, 3.8) is 0 Å². The largest absolute Gasteiger partial charge is 0.459 e. The second-order valence-electron chi connectivity index (χ2n) is 5.51. The van der Waals surface area contributed by atoms with E-state index in [1.807, 2.05) is 0 Å². The van der Waals surface area contributed by atoms with Crippen molar-refractivity contribution in [3.05, 3.63) is 52.9 Å². The third kappa shape index (κ3) is 4.61. The van der Waals surface area contributed by atoms with Crippen LogP contribution in [0.15, 0.2) is 41.0 Å². The van der Waals surface area contributed by atoms with Crippen molar-refractivity contribution >= 4 is 39.9 Å². The number of furan rings is 1. The number of carbonyl (C=O) groups excluding carboxylic acids is 3. The SMILES string of the molecule is Cc1cc(NC(=O)COC(=O)c2ccc(NC(=O)c3ccco3)s2)n(C)n1. The van der Waals surface area contributed by atoms with E-state index in [-0.39, 0.29) is 10.6 Å². The molecule has 3 aromatic heterocycles. The number of ether oxygens (including phenoxy) is 1. The summed E-state index contributed by atoms with van der Waals surface area (Å²) in [4.78, 5) is 36.1. The van der Waals surface area contributed by atoms with E-state index in [1.165, 1.54) is 23.1 Å². The fraction of sp³-hybridized carbons (Fsp3) is 0.176. The third-order valence-corrected chi connectivity index (χ3v) is 4.37. The van der Waals surface area contributed by atoms with E-state index < -0.39 is 24.4 Å². The Hall–Kier alpha value is -3.40. The molecule has 3 heterocycles. The highest BCUT2D eigenvalue weighted by Gasteiger charge is 2.16. The summed E-state index contributed by atoms with van der Waals surface area (Å²) in [5.41, 5.74) is 0.757. The summed E-state index contributed by atoms with van der Waals surface area (Å²) in [5.74, 6) is -0.890. The Kier molecular flexibility index (Phi) is 5.36. The molecule has 10 heteroatoms. The monoisotopic (exact) mass is 388 g/mol. The summed E-state index contributed by atoms with van der Waals surface area (Å²) in [6, 6.07) is 7.91. The predicted octanol–water partition coefficient (Wildman–Crippen LogP) is 2.43. The summed E-state index contributed by atoms with van der Waals surface area (Å²) in [7, 11) is 1.69. The fourth-order valence-electron chi connectivity index (χ4n) is 2.20. The van der Waals surface area contributed by atoms with E-state index in [0.717, 1.165) is 17.0 Å². The number of nitrogens with one attached hydrogen (secondary N) is 2. The van der Waals surface area contributed by atoms with Gasteiger partial charge in [0.1, 0.15) is 10.7 Å². The number of hydrogen-bond donors (Lipinski definition) is 2. The number of thiophene rings is 1. The van der Waals surface area contributed by atoms with E-state index in [1.54, 1.807) is 32.2 Å². The minimum atomic E-state index is -0.658.